The summed E-state index contributed by atoms with van der Waals surface area (Å²) < 4.78 is 34.9. The van der Waals surface area contributed by atoms with Crippen LogP contribution in [0.2, 0.25) is 0 Å². The number of hydrogen-bond acceptors (Lipinski definition) is 5. The molecule has 0 saturated carbocycles. The molecule has 0 atom stereocenters. The maximum Gasteiger partial charge on any atom is 0.340 e. The first kappa shape index (κ1) is 23.8. The van der Waals surface area contributed by atoms with E-state index in [0.717, 1.165) is 11.1 Å². The van der Waals surface area contributed by atoms with Gasteiger partial charge in [-0.1, -0.05) is 23.8 Å². The maximum atomic E-state index is 13.5. The lowest BCUT2D eigenvalue weighted by Crippen LogP contribution is -2.29. The van der Waals surface area contributed by atoms with Gasteiger partial charge in [0.15, 0.2) is 0 Å². The largest absolute Gasteiger partial charge is 0.465 e. The van der Waals surface area contributed by atoms with Crippen LogP contribution in [0.25, 0.3) is 5.69 Å². The number of hydrogen-bond donors (Lipinski definition) is 0. The molecular formula is C27H23N3O4S. The van der Waals surface area contributed by atoms with Crippen molar-refractivity contribution in [3.63, 3.8) is 0 Å². The number of sulfonamides is 1. The van der Waals surface area contributed by atoms with Gasteiger partial charge >= 0.3 is 16.0 Å². The van der Waals surface area contributed by atoms with E-state index in [-0.39, 0.29) is 12.1 Å². The van der Waals surface area contributed by atoms with Crippen LogP contribution in [-0.2, 0) is 21.3 Å². The summed E-state index contributed by atoms with van der Waals surface area (Å²) in [4.78, 5) is 16.4. The summed E-state index contributed by atoms with van der Waals surface area (Å²) in [5, 5.41) is 2.46. The van der Waals surface area contributed by atoms with Crippen LogP contribution in [0, 0.1) is 18.1 Å². The molecule has 2 heterocycles. The van der Waals surface area contributed by atoms with Gasteiger partial charge in [-0.3, -0.25) is 9.29 Å². The van der Waals surface area contributed by atoms with Crippen molar-refractivity contribution >= 4 is 21.7 Å². The molecule has 4 aromatic rings. The van der Waals surface area contributed by atoms with E-state index in [9.17, 15) is 13.2 Å². The van der Waals surface area contributed by atoms with Crippen LogP contribution < -0.4 is 4.31 Å². The van der Waals surface area contributed by atoms with Gasteiger partial charge in [0.2, 0.25) is 0 Å². The molecule has 8 heteroatoms. The van der Waals surface area contributed by atoms with E-state index in [0.29, 0.717) is 16.9 Å². The standard InChI is InChI=1S/C27H23N3O4S/c1-21-8-10-24(11-9-21)30(20-22-12-15-28-16-13-22)35(32,33)19-14-23-6-5-7-25(27(31)34-2)26(23)29-17-3-4-18-29/h3-13,15-18H,20H2,1-2H3. The van der Waals surface area contributed by atoms with Gasteiger partial charge in [-0.2, -0.15) is 8.42 Å². The summed E-state index contributed by atoms with van der Waals surface area (Å²) in [5.74, 6) is 2.25. The Kier molecular flexibility index (Phi) is 6.99. The minimum Gasteiger partial charge on any atom is -0.465 e. The van der Waals surface area contributed by atoms with E-state index >= 15 is 0 Å². The highest BCUT2D eigenvalue weighted by Crippen LogP contribution is 2.23. The number of esters is 1. The normalized spacial score (nSPS) is 10.8. The Labute approximate surface area is 204 Å². The maximum absolute atomic E-state index is 13.5. The van der Waals surface area contributed by atoms with Crippen LogP contribution in [0.15, 0.2) is 91.5 Å². The van der Waals surface area contributed by atoms with Crippen LogP contribution in [0.1, 0.15) is 27.0 Å². The van der Waals surface area contributed by atoms with Crippen molar-refractivity contribution in [1.29, 1.82) is 0 Å². The molecule has 176 valence electrons. The van der Waals surface area contributed by atoms with E-state index < -0.39 is 16.0 Å². The molecule has 7 nitrogen and oxygen atoms in total. The molecule has 0 spiro atoms. The zero-order valence-corrected chi connectivity index (χ0v) is 20.1. The highest BCUT2D eigenvalue weighted by Gasteiger charge is 2.22. The minimum absolute atomic E-state index is 0.0925. The van der Waals surface area contributed by atoms with Gasteiger partial charge in [0, 0.05) is 24.8 Å². The number of aromatic nitrogens is 2. The summed E-state index contributed by atoms with van der Waals surface area (Å²) in [6.45, 7) is 2.03. The van der Waals surface area contributed by atoms with E-state index in [1.165, 1.54) is 11.4 Å². The monoisotopic (exact) mass is 485 g/mol. The van der Waals surface area contributed by atoms with Crippen LogP contribution in [0.5, 0.6) is 0 Å². The van der Waals surface area contributed by atoms with Gasteiger partial charge in [-0.25, -0.2) is 4.79 Å². The van der Waals surface area contributed by atoms with Crippen LogP contribution in [-0.4, -0.2) is 31.0 Å². The lowest BCUT2D eigenvalue weighted by atomic mass is 10.1. The van der Waals surface area contributed by atoms with Crippen molar-refractivity contribution in [2.45, 2.75) is 13.5 Å². The number of methoxy groups -OCH3 is 1. The smallest absolute Gasteiger partial charge is 0.340 e. The number of benzene rings is 2. The number of rotatable bonds is 6. The molecule has 0 aliphatic rings. The van der Waals surface area contributed by atoms with Crippen molar-refractivity contribution in [1.82, 2.24) is 9.55 Å². The highest BCUT2D eigenvalue weighted by molar-refractivity contribution is 7.97. The molecule has 0 fully saturated rings. The zero-order valence-electron chi connectivity index (χ0n) is 19.3. The molecule has 0 bridgehead atoms. The fourth-order valence-corrected chi connectivity index (χ4v) is 4.60. The number of nitrogens with zero attached hydrogens (tertiary/aromatic N) is 3. The second kappa shape index (κ2) is 10.3. The van der Waals surface area contributed by atoms with Gasteiger partial charge in [0.1, 0.15) is 0 Å². The Bertz CT molecular complexity index is 1490. The SMILES string of the molecule is COC(=O)c1cccc(C#CS(=O)(=O)N(Cc2ccncc2)c2ccc(C)cc2)c1-n1cccc1. The number of ether oxygens (including phenoxy) is 1. The molecule has 0 saturated heterocycles. The molecule has 0 unspecified atom stereocenters. The topological polar surface area (TPSA) is 81.5 Å². The second-order valence-electron chi connectivity index (χ2n) is 7.71. The third-order valence-corrected chi connectivity index (χ3v) is 6.59. The van der Waals surface area contributed by atoms with E-state index in [1.807, 2.05) is 19.1 Å². The molecular weight excluding hydrogens is 462 g/mol. The van der Waals surface area contributed by atoms with Crippen molar-refractivity contribution in [3.05, 3.63) is 114 Å². The molecule has 2 aromatic heterocycles. The molecule has 0 radical (unpaired) electrons. The Balaban J connectivity index is 1.80. The van der Waals surface area contributed by atoms with Crippen molar-refractivity contribution < 1.29 is 17.9 Å². The average Bonchev–Trinajstić information content (AvgIpc) is 3.41. The summed E-state index contributed by atoms with van der Waals surface area (Å²) in [5.41, 5.74) is 3.38. The first-order chi connectivity index (χ1) is 16.9. The van der Waals surface area contributed by atoms with E-state index in [2.05, 4.69) is 16.2 Å². The summed E-state index contributed by atoms with van der Waals surface area (Å²) >= 11 is 0. The quantitative estimate of drug-likeness (QED) is 0.300. The molecule has 0 aliphatic carbocycles. The minimum atomic E-state index is -4.08. The molecule has 4 rings (SSSR count). The first-order valence-corrected chi connectivity index (χ1v) is 12.2. The third-order valence-electron chi connectivity index (χ3n) is 5.31. The third kappa shape index (κ3) is 5.42. The number of carbonyl (C=O) groups excluding carboxylic acids is 1. The van der Waals surface area contributed by atoms with Gasteiger partial charge in [0.25, 0.3) is 0 Å². The van der Waals surface area contributed by atoms with Gasteiger partial charge in [-0.15, -0.1) is 0 Å². The van der Waals surface area contributed by atoms with E-state index in [1.54, 1.807) is 84.0 Å². The molecule has 2 aromatic carbocycles. The van der Waals surface area contributed by atoms with E-state index in [4.69, 9.17) is 4.74 Å². The van der Waals surface area contributed by atoms with Gasteiger partial charge in [0.05, 0.1) is 41.4 Å². The fourth-order valence-electron chi connectivity index (χ4n) is 3.54. The second-order valence-corrected chi connectivity index (χ2v) is 9.31. The van der Waals surface area contributed by atoms with Crippen molar-refractivity contribution in [3.8, 4) is 16.9 Å². The Morgan fingerprint density at radius 2 is 1.69 bits per heavy atom. The molecule has 0 aliphatic heterocycles. The number of carbonyl (C=O) groups is 1. The van der Waals surface area contributed by atoms with Gasteiger partial charge in [-0.05, 0) is 66.9 Å². The van der Waals surface area contributed by atoms with Crippen LogP contribution in [0.3, 0.4) is 0 Å². The number of pyridine rings is 1. The van der Waals surface area contributed by atoms with Crippen molar-refractivity contribution in [2.24, 2.45) is 0 Å². The van der Waals surface area contributed by atoms with Gasteiger partial charge < -0.3 is 9.30 Å². The Morgan fingerprint density at radius 3 is 2.34 bits per heavy atom. The zero-order chi connectivity index (χ0) is 24.8. The molecule has 0 amide bonds. The molecule has 35 heavy (non-hydrogen) atoms. The lowest BCUT2D eigenvalue weighted by molar-refractivity contribution is 0.0600. The summed E-state index contributed by atoms with van der Waals surface area (Å²) in [7, 11) is -2.79. The number of aryl methyl sites for hydroxylation is 1. The van der Waals surface area contributed by atoms with Crippen molar-refractivity contribution in [2.75, 3.05) is 11.4 Å². The first-order valence-electron chi connectivity index (χ1n) is 10.7. The Hall–Kier alpha value is -4.35. The number of para-hydroxylation sites is 1. The molecule has 0 N–H and O–H groups in total. The summed E-state index contributed by atoms with van der Waals surface area (Å²) in [6, 6.07) is 19.2. The lowest BCUT2D eigenvalue weighted by Gasteiger charge is -2.22. The Morgan fingerprint density at radius 1 is 1.00 bits per heavy atom. The summed E-state index contributed by atoms with van der Waals surface area (Å²) in [6.07, 6.45) is 6.73. The average molecular weight is 486 g/mol. The highest BCUT2D eigenvalue weighted by atomic mass is 32.2. The number of anilines is 1. The fraction of sp³-hybridized carbons (Fsp3) is 0.111. The van der Waals surface area contributed by atoms with Crippen LogP contribution >= 0.6 is 0 Å². The predicted octanol–water partition coefficient (Wildman–Crippen LogP) is 4.31. The predicted molar refractivity (Wildman–Crippen MR) is 135 cm³/mol. The van der Waals surface area contributed by atoms with Crippen LogP contribution in [0.4, 0.5) is 5.69 Å².